The van der Waals surface area contributed by atoms with Crippen molar-refractivity contribution in [1.29, 1.82) is 5.26 Å². The number of carbonyl (C=O) groups excluding carboxylic acids is 1. The number of carbonyl (C=O) groups is 1. The van der Waals surface area contributed by atoms with Crippen LogP contribution in [0.3, 0.4) is 0 Å². The molecule has 0 saturated heterocycles. The zero-order valence-corrected chi connectivity index (χ0v) is 11.3. The van der Waals surface area contributed by atoms with E-state index in [1.807, 2.05) is 19.9 Å². The molecule has 0 fully saturated rings. The first-order valence-corrected chi connectivity index (χ1v) is 6.26. The van der Waals surface area contributed by atoms with Crippen molar-refractivity contribution in [1.82, 2.24) is 4.98 Å². The monoisotopic (exact) mass is 252 g/mol. The lowest BCUT2D eigenvalue weighted by Gasteiger charge is -2.17. The first-order valence-electron chi connectivity index (χ1n) is 5.44. The number of hydrogen-bond acceptors (Lipinski definition) is 5. The Labute approximate surface area is 105 Å². The molecular weight excluding hydrogens is 236 g/mol. The second-order valence-electron chi connectivity index (χ2n) is 4.09. The van der Waals surface area contributed by atoms with Crippen LogP contribution in [0.5, 0.6) is 0 Å². The second-order valence-corrected chi connectivity index (χ2v) is 5.38. The summed E-state index contributed by atoms with van der Waals surface area (Å²) in [5, 5.41) is 9.95. The maximum Gasteiger partial charge on any atom is 0.326 e. The summed E-state index contributed by atoms with van der Waals surface area (Å²) in [7, 11) is 0. The van der Waals surface area contributed by atoms with Gasteiger partial charge in [0.15, 0.2) is 5.41 Å². The molecule has 1 rings (SSSR count). The number of esters is 1. The average molecular weight is 252 g/mol. The third-order valence-electron chi connectivity index (χ3n) is 2.55. The van der Waals surface area contributed by atoms with Crippen molar-refractivity contribution >= 4 is 17.3 Å². The number of nitrogens with zero attached hydrogens (tertiary/aromatic N) is 2. The fourth-order valence-electron chi connectivity index (χ4n) is 1.36. The molecule has 1 atom stereocenters. The molecule has 1 heterocycles. The highest BCUT2D eigenvalue weighted by molar-refractivity contribution is 7.11. The third kappa shape index (κ3) is 3.04. The maximum atomic E-state index is 11.7. The minimum Gasteiger partial charge on any atom is -0.465 e. The van der Waals surface area contributed by atoms with Gasteiger partial charge in [-0.1, -0.05) is 0 Å². The van der Waals surface area contributed by atoms with E-state index in [-0.39, 0.29) is 6.61 Å². The van der Waals surface area contributed by atoms with Crippen LogP contribution in [0.25, 0.3) is 0 Å². The van der Waals surface area contributed by atoms with Gasteiger partial charge < -0.3 is 4.74 Å². The lowest BCUT2D eigenvalue weighted by Crippen LogP contribution is -2.30. The normalized spacial score (nSPS) is 13.8. The van der Waals surface area contributed by atoms with E-state index >= 15 is 0 Å². The molecular formula is C12H16N2O2S. The Hall–Kier alpha value is -1.41. The van der Waals surface area contributed by atoms with Crippen molar-refractivity contribution in [2.45, 2.75) is 34.1 Å². The summed E-state index contributed by atoms with van der Waals surface area (Å²) in [6.07, 6.45) is 0.307. The molecule has 0 aliphatic rings. The Bertz CT molecular complexity index is 442. The van der Waals surface area contributed by atoms with Gasteiger partial charge in [-0.05, 0) is 27.7 Å². The van der Waals surface area contributed by atoms with E-state index in [0.717, 1.165) is 15.6 Å². The van der Waals surface area contributed by atoms with E-state index in [0.29, 0.717) is 6.42 Å². The van der Waals surface area contributed by atoms with Crippen molar-refractivity contribution in [2.24, 2.45) is 5.41 Å². The molecule has 17 heavy (non-hydrogen) atoms. The molecule has 0 aliphatic carbocycles. The molecule has 1 aromatic rings. The molecule has 1 unspecified atom stereocenters. The summed E-state index contributed by atoms with van der Waals surface area (Å²) >= 11 is 1.52. The van der Waals surface area contributed by atoms with Gasteiger partial charge >= 0.3 is 5.97 Å². The van der Waals surface area contributed by atoms with Crippen LogP contribution in [0.1, 0.15) is 29.4 Å². The molecule has 0 aromatic carbocycles. The van der Waals surface area contributed by atoms with Gasteiger partial charge in [-0.3, -0.25) is 4.79 Å². The van der Waals surface area contributed by atoms with Gasteiger partial charge in [0, 0.05) is 11.3 Å². The molecule has 0 N–H and O–H groups in total. The van der Waals surface area contributed by atoms with Gasteiger partial charge in [-0.15, -0.1) is 11.3 Å². The quantitative estimate of drug-likeness (QED) is 0.772. The minimum absolute atomic E-state index is 0.284. The van der Waals surface area contributed by atoms with Gasteiger partial charge in [0.25, 0.3) is 0 Å². The lowest BCUT2D eigenvalue weighted by molar-refractivity contribution is -0.151. The molecule has 0 amide bonds. The first-order chi connectivity index (χ1) is 7.92. The lowest BCUT2D eigenvalue weighted by atomic mass is 9.89. The summed E-state index contributed by atoms with van der Waals surface area (Å²) in [4.78, 5) is 17.2. The Morgan fingerprint density at radius 2 is 2.24 bits per heavy atom. The molecule has 1 aromatic heterocycles. The number of hydrogen-bond donors (Lipinski definition) is 0. The predicted molar refractivity (Wildman–Crippen MR) is 65.6 cm³/mol. The zero-order chi connectivity index (χ0) is 13.1. The molecule has 92 valence electrons. The topological polar surface area (TPSA) is 63.0 Å². The van der Waals surface area contributed by atoms with Crippen LogP contribution < -0.4 is 0 Å². The highest BCUT2D eigenvalue weighted by atomic mass is 32.1. The van der Waals surface area contributed by atoms with Gasteiger partial charge in [-0.2, -0.15) is 5.26 Å². The third-order valence-corrected chi connectivity index (χ3v) is 3.62. The number of ether oxygens (including phenoxy) is 1. The van der Waals surface area contributed by atoms with Crippen LogP contribution in [-0.2, 0) is 16.0 Å². The Balaban J connectivity index is 2.90. The second kappa shape index (κ2) is 5.28. The molecule has 5 heteroatoms. The highest BCUT2D eigenvalue weighted by Gasteiger charge is 2.36. The van der Waals surface area contributed by atoms with Crippen LogP contribution in [0.2, 0.25) is 0 Å². The fraction of sp³-hybridized carbons (Fsp3) is 0.583. The zero-order valence-electron chi connectivity index (χ0n) is 10.5. The molecule has 0 radical (unpaired) electrons. The molecule has 4 nitrogen and oxygen atoms in total. The average Bonchev–Trinajstić information content (AvgIpc) is 2.58. The highest BCUT2D eigenvalue weighted by Crippen LogP contribution is 2.27. The SMILES string of the molecule is CCOC(=O)C(C)(C#N)Cc1nc(C)c(C)s1. The van der Waals surface area contributed by atoms with Crippen molar-refractivity contribution in [3.8, 4) is 6.07 Å². The number of aryl methyl sites for hydroxylation is 2. The van der Waals surface area contributed by atoms with Gasteiger partial charge in [0.1, 0.15) is 0 Å². The standard InChI is InChI=1S/C12H16N2O2S/c1-5-16-11(15)12(4,7-13)6-10-14-8(2)9(3)17-10/h5-6H2,1-4H3. The predicted octanol–water partition coefficient (Wildman–Crippen LogP) is 2.40. The smallest absolute Gasteiger partial charge is 0.326 e. The Morgan fingerprint density at radius 3 is 2.65 bits per heavy atom. The van der Waals surface area contributed by atoms with Crippen molar-refractivity contribution in [3.05, 3.63) is 15.6 Å². The van der Waals surface area contributed by atoms with Crippen molar-refractivity contribution < 1.29 is 9.53 Å². The van der Waals surface area contributed by atoms with E-state index in [9.17, 15) is 4.79 Å². The minimum atomic E-state index is -1.15. The Kier molecular flexibility index (Phi) is 4.24. The summed E-state index contributed by atoms with van der Waals surface area (Å²) < 4.78 is 4.92. The van der Waals surface area contributed by atoms with Gasteiger partial charge in [0.05, 0.1) is 23.4 Å². The van der Waals surface area contributed by atoms with E-state index in [2.05, 4.69) is 4.98 Å². The van der Waals surface area contributed by atoms with E-state index in [1.165, 1.54) is 11.3 Å². The van der Waals surface area contributed by atoms with E-state index in [1.54, 1.807) is 13.8 Å². The van der Waals surface area contributed by atoms with Crippen LogP contribution >= 0.6 is 11.3 Å². The van der Waals surface area contributed by atoms with E-state index < -0.39 is 11.4 Å². The molecule has 0 aliphatic heterocycles. The summed E-state index contributed by atoms with van der Waals surface area (Å²) in [5.74, 6) is -0.479. The number of nitriles is 1. The van der Waals surface area contributed by atoms with Crippen LogP contribution in [0.4, 0.5) is 0 Å². The largest absolute Gasteiger partial charge is 0.465 e. The molecule has 0 saturated carbocycles. The van der Waals surface area contributed by atoms with E-state index in [4.69, 9.17) is 10.00 Å². The van der Waals surface area contributed by atoms with Crippen LogP contribution in [0.15, 0.2) is 0 Å². The van der Waals surface area contributed by atoms with Gasteiger partial charge in [0.2, 0.25) is 0 Å². The fourth-order valence-corrected chi connectivity index (χ4v) is 2.46. The number of thiazole rings is 1. The first kappa shape index (κ1) is 13.7. The van der Waals surface area contributed by atoms with Crippen LogP contribution in [0, 0.1) is 30.6 Å². The van der Waals surface area contributed by atoms with Crippen LogP contribution in [-0.4, -0.2) is 17.6 Å². The molecule has 0 bridgehead atoms. The van der Waals surface area contributed by atoms with Crippen molar-refractivity contribution in [2.75, 3.05) is 6.61 Å². The van der Waals surface area contributed by atoms with Crippen molar-refractivity contribution in [3.63, 3.8) is 0 Å². The number of aromatic nitrogens is 1. The summed E-state index contributed by atoms with van der Waals surface area (Å²) in [6, 6.07) is 2.03. The number of rotatable bonds is 4. The maximum absolute atomic E-state index is 11.7. The summed E-state index contributed by atoms with van der Waals surface area (Å²) in [5.41, 5.74) is -0.193. The molecule has 0 spiro atoms. The Morgan fingerprint density at radius 1 is 1.59 bits per heavy atom. The summed E-state index contributed by atoms with van der Waals surface area (Å²) in [6.45, 7) is 7.50. The van der Waals surface area contributed by atoms with Gasteiger partial charge in [-0.25, -0.2) is 4.98 Å².